The summed E-state index contributed by atoms with van der Waals surface area (Å²) in [6.45, 7) is 3.60. The molecule has 0 aliphatic heterocycles. The van der Waals surface area contributed by atoms with E-state index in [2.05, 4.69) is 5.09 Å². The molecule has 0 saturated carbocycles. The van der Waals surface area contributed by atoms with E-state index < -0.39 is 21.1 Å². The first-order valence-electron chi connectivity index (χ1n) is 10.4. The van der Waals surface area contributed by atoms with Crippen molar-refractivity contribution in [2.45, 2.75) is 19.6 Å². The van der Waals surface area contributed by atoms with Crippen LogP contribution in [0.1, 0.15) is 25.2 Å². The summed E-state index contributed by atoms with van der Waals surface area (Å²) >= 11 is 6.07. The third kappa shape index (κ3) is 7.18. The van der Waals surface area contributed by atoms with Crippen molar-refractivity contribution in [3.8, 4) is 11.5 Å². The molecule has 0 aliphatic rings. The van der Waals surface area contributed by atoms with Crippen LogP contribution in [0.3, 0.4) is 0 Å². The van der Waals surface area contributed by atoms with Gasteiger partial charge in [0, 0.05) is 5.02 Å². The zero-order valence-corrected chi connectivity index (χ0v) is 20.8. The van der Waals surface area contributed by atoms with Crippen molar-refractivity contribution < 1.29 is 27.2 Å². The fourth-order valence-corrected chi connectivity index (χ4v) is 7.04. The van der Waals surface area contributed by atoms with Gasteiger partial charge in [-0.1, -0.05) is 60.1 Å². The van der Waals surface area contributed by atoms with Crippen molar-refractivity contribution in [1.82, 2.24) is 5.09 Å². The lowest BCUT2D eigenvalue weighted by Gasteiger charge is -2.30. The molecule has 3 aromatic rings. The van der Waals surface area contributed by atoms with E-state index in [1.54, 1.807) is 86.6 Å². The van der Waals surface area contributed by atoms with Crippen LogP contribution in [0.5, 0.6) is 11.5 Å². The van der Waals surface area contributed by atoms with Crippen molar-refractivity contribution in [2.75, 3.05) is 13.2 Å². The van der Waals surface area contributed by atoms with E-state index in [9.17, 15) is 9.13 Å². The quantitative estimate of drug-likeness (QED) is 0.254. The molecule has 10 heteroatoms. The van der Waals surface area contributed by atoms with E-state index in [1.807, 2.05) is 12.1 Å². The van der Waals surface area contributed by atoms with E-state index in [1.165, 1.54) is 0 Å². The van der Waals surface area contributed by atoms with Crippen LogP contribution in [-0.2, 0) is 18.2 Å². The van der Waals surface area contributed by atoms with Crippen LogP contribution in [0, 0.1) is 0 Å². The highest BCUT2D eigenvalue weighted by molar-refractivity contribution is 7.57. The van der Waals surface area contributed by atoms with E-state index in [0.29, 0.717) is 22.1 Å². The van der Waals surface area contributed by atoms with E-state index >= 15 is 0 Å². The van der Waals surface area contributed by atoms with Gasteiger partial charge in [-0.15, -0.1) is 0 Å². The normalized spacial score (nSPS) is 12.8. The van der Waals surface area contributed by atoms with Gasteiger partial charge < -0.3 is 9.05 Å². The first-order chi connectivity index (χ1) is 15.9. The van der Waals surface area contributed by atoms with E-state index in [0.717, 1.165) is 0 Å². The number of halogens is 1. The maximum Gasteiger partial charge on any atom is 0.452 e. The molecule has 176 valence electrons. The summed E-state index contributed by atoms with van der Waals surface area (Å²) in [5.74, 6) is -0.570. The molecule has 0 aromatic heterocycles. The van der Waals surface area contributed by atoms with Gasteiger partial charge in [0.05, 0.1) is 13.2 Å². The molecular weight excluding hydrogens is 484 g/mol. The van der Waals surface area contributed by atoms with Gasteiger partial charge in [-0.3, -0.25) is 9.05 Å². The highest BCUT2D eigenvalue weighted by Gasteiger charge is 2.45. The molecule has 1 atom stereocenters. The number of hydrogen-bond donors (Lipinski definition) is 1. The van der Waals surface area contributed by atoms with Crippen molar-refractivity contribution >= 4 is 26.9 Å². The molecule has 0 aliphatic carbocycles. The van der Waals surface area contributed by atoms with Crippen LogP contribution in [0.2, 0.25) is 5.02 Å². The largest absolute Gasteiger partial charge is 0.452 e. The first-order valence-corrected chi connectivity index (χ1v) is 13.9. The Morgan fingerprint density at radius 3 is 1.64 bits per heavy atom. The van der Waals surface area contributed by atoms with Gasteiger partial charge in [0.15, 0.2) is 5.78 Å². The Hall–Kier alpha value is -2.11. The Labute approximate surface area is 199 Å². The van der Waals surface area contributed by atoms with E-state index in [-0.39, 0.29) is 13.2 Å². The van der Waals surface area contributed by atoms with E-state index in [4.69, 9.17) is 29.7 Å². The fourth-order valence-electron chi connectivity index (χ4n) is 2.95. The van der Waals surface area contributed by atoms with Gasteiger partial charge in [-0.05, 0) is 55.8 Å². The molecule has 1 N–H and O–H groups in total. The van der Waals surface area contributed by atoms with Crippen molar-refractivity contribution in [1.29, 1.82) is 0 Å². The van der Waals surface area contributed by atoms with Gasteiger partial charge in [0.25, 0.3) is 0 Å². The average molecular weight is 510 g/mol. The molecular formula is C23H26ClNO6P2. The second-order valence-corrected chi connectivity index (χ2v) is 10.9. The van der Waals surface area contributed by atoms with Crippen LogP contribution in [0.15, 0.2) is 84.9 Å². The number of rotatable bonds is 12. The Balaban J connectivity index is 2.11. The Kier molecular flexibility index (Phi) is 9.16. The third-order valence-corrected chi connectivity index (χ3v) is 8.55. The molecule has 1 unspecified atom stereocenters. The Bertz CT molecular complexity index is 1040. The van der Waals surface area contributed by atoms with Crippen molar-refractivity contribution in [2.24, 2.45) is 0 Å². The maximum absolute atomic E-state index is 14.5. The second-order valence-electron chi connectivity index (χ2n) is 6.76. The van der Waals surface area contributed by atoms with Crippen LogP contribution in [0.4, 0.5) is 0 Å². The zero-order chi connectivity index (χ0) is 23.7. The molecule has 0 fully saturated rings. The standard InChI is InChI=1S/C23H26ClNO6P2/c1-3-28-33(27,29-4-2)25-23(19-15-17-20(24)18-16-19)32(26,30-21-11-7-5-8-12-21)31-22-13-9-6-10-14-22/h5-18,23H,3-4H2,1-2H3,(H,25,27). The molecule has 0 radical (unpaired) electrons. The fraction of sp³-hybridized carbons (Fsp3) is 0.217. The molecule has 0 bridgehead atoms. The van der Waals surface area contributed by atoms with Crippen molar-refractivity contribution in [3.63, 3.8) is 0 Å². The van der Waals surface area contributed by atoms with Gasteiger partial charge in [0.1, 0.15) is 11.5 Å². The van der Waals surface area contributed by atoms with Crippen LogP contribution < -0.4 is 14.1 Å². The summed E-state index contributed by atoms with van der Waals surface area (Å²) in [7, 11) is -8.01. The Morgan fingerprint density at radius 1 is 0.758 bits per heavy atom. The average Bonchev–Trinajstić information content (AvgIpc) is 2.80. The Morgan fingerprint density at radius 2 is 1.21 bits per heavy atom. The summed E-state index contributed by atoms with van der Waals surface area (Å²) in [5, 5.41) is 3.29. The zero-order valence-electron chi connectivity index (χ0n) is 18.3. The third-order valence-electron chi connectivity index (χ3n) is 4.33. The summed E-state index contributed by atoms with van der Waals surface area (Å²) in [4.78, 5) is 0. The number of para-hydroxylation sites is 2. The van der Waals surface area contributed by atoms with Crippen molar-refractivity contribution in [3.05, 3.63) is 95.5 Å². The number of nitrogens with one attached hydrogen (secondary N) is 1. The predicted octanol–water partition coefficient (Wildman–Crippen LogP) is 7.46. The highest BCUT2D eigenvalue weighted by atomic mass is 35.5. The topological polar surface area (TPSA) is 83.1 Å². The highest BCUT2D eigenvalue weighted by Crippen LogP contribution is 2.62. The minimum Gasteiger partial charge on any atom is -0.415 e. The number of benzene rings is 3. The summed E-state index contributed by atoms with van der Waals surface area (Å²) in [5.41, 5.74) is 0.467. The number of hydrogen-bond acceptors (Lipinski definition) is 6. The van der Waals surface area contributed by atoms with Gasteiger partial charge in [-0.25, -0.2) is 14.2 Å². The van der Waals surface area contributed by atoms with Crippen LogP contribution in [0.25, 0.3) is 0 Å². The van der Waals surface area contributed by atoms with Gasteiger partial charge in [-0.2, -0.15) is 0 Å². The maximum atomic E-state index is 14.5. The minimum absolute atomic E-state index is 0.112. The lowest BCUT2D eigenvalue weighted by molar-refractivity contribution is 0.208. The smallest absolute Gasteiger partial charge is 0.415 e. The monoisotopic (exact) mass is 509 g/mol. The lowest BCUT2D eigenvalue weighted by Crippen LogP contribution is -2.25. The summed E-state index contributed by atoms with van der Waals surface area (Å²) in [6.07, 6.45) is 0. The molecule has 3 aromatic carbocycles. The summed E-state index contributed by atoms with van der Waals surface area (Å²) < 4.78 is 50.6. The molecule has 0 amide bonds. The predicted molar refractivity (Wildman–Crippen MR) is 130 cm³/mol. The molecule has 33 heavy (non-hydrogen) atoms. The SMILES string of the molecule is CCOP(=O)(NC(c1ccc(Cl)cc1)P(=O)(Oc1ccccc1)Oc1ccccc1)OCC. The molecule has 3 rings (SSSR count). The van der Waals surface area contributed by atoms with Crippen LogP contribution >= 0.6 is 26.9 Å². The molecule has 0 saturated heterocycles. The molecule has 0 heterocycles. The van der Waals surface area contributed by atoms with Gasteiger partial charge >= 0.3 is 15.3 Å². The lowest BCUT2D eigenvalue weighted by atomic mass is 10.2. The van der Waals surface area contributed by atoms with Gasteiger partial charge in [0.2, 0.25) is 0 Å². The van der Waals surface area contributed by atoms with Crippen LogP contribution in [-0.4, -0.2) is 13.2 Å². The second kappa shape index (κ2) is 11.8. The minimum atomic E-state index is -4.14. The molecule has 0 spiro atoms. The summed E-state index contributed by atoms with van der Waals surface area (Å²) in [6, 6.07) is 23.8. The molecule has 7 nitrogen and oxygen atoms in total. The first kappa shape index (κ1) is 25.5.